The highest BCUT2D eigenvalue weighted by molar-refractivity contribution is 7.92. The van der Waals surface area contributed by atoms with Crippen LogP contribution >= 0.6 is 11.6 Å². The molecule has 0 saturated carbocycles. The summed E-state index contributed by atoms with van der Waals surface area (Å²) in [4.78, 5) is -0.0336. The normalized spacial score (nSPS) is 11.2. The molecule has 0 fully saturated rings. The number of nitrogens with one attached hydrogen (secondary N) is 2. The van der Waals surface area contributed by atoms with E-state index in [1.807, 2.05) is 0 Å². The summed E-state index contributed by atoms with van der Waals surface area (Å²) < 4.78 is 31.8. The fourth-order valence-corrected chi connectivity index (χ4v) is 3.38. The molecule has 2 heterocycles. The number of hydrogen-bond donors (Lipinski definition) is 2. The lowest BCUT2D eigenvalue weighted by Crippen LogP contribution is -2.14. The standard InChI is InChI=1S/C14H12ClN5O3S/c1-9-8-14(19-23-9)16-12-6-7-13(18-17-12)20-24(21,22)11-5-3-2-4-10(11)15/h2-8H,1H3,(H,18,20)(H,16,17,19). The fraction of sp³-hybridized carbons (Fsp3) is 0.0714. The molecule has 0 spiro atoms. The molecule has 0 saturated heterocycles. The first-order valence-corrected chi connectivity index (χ1v) is 8.61. The van der Waals surface area contributed by atoms with Crippen LogP contribution in [0.4, 0.5) is 17.5 Å². The van der Waals surface area contributed by atoms with Gasteiger partial charge in [0, 0.05) is 6.07 Å². The quantitative estimate of drug-likeness (QED) is 0.715. The lowest BCUT2D eigenvalue weighted by molar-refractivity contribution is 0.400. The second-order valence-corrected chi connectivity index (χ2v) is 6.85. The van der Waals surface area contributed by atoms with Crippen LogP contribution in [0.1, 0.15) is 5.76 Å². The third-order valence-electron chi connectivity index (χ3n) is 2.91. The Morgan fingerprint density at radius 2 is 1.75 bits per heavy atom. The summed E-state index contributed by atoms with van der Waals surface area (Å²) in [6.07, 6.45) is 0. The summed E-state index contributed by atoms with van der Waals surface area (Å²) in [6.45, 7) is 1.76. The second-order valence-electron chi connectivity index (χ2n) is 4.79. The highest BCUT2D eigenvalue weighted by Gasteiger charge is 2.18. The van der Waals surface area contributed by atoms with Gasteiger partial charge in [-0.3, -0.25) is 4.72 Å². The van der Waals surface area contributed by atoms with Crippen molar-refractivity contribution in [2.45, 2.75) is 11.8 Å². The van der Waals surface area contributed by atoms with E-state index < -0.39 is 10.0 Å². The summed E-state index contributed by atoms with van der Waals surface area (Å²) in [5.41, 5.74) is 0. The van der Waals surface area contributed by atoms with E-state index >= 15 is 0 Å². The zero-order chi connectivity index (χ0) is 17.2. The lowest BCUT2D eigenvalue weighted by Gasteiger charge is -2.08. The van der Waals surface area contributed by atoms with Crippen molar-refractivity contribution in [1.29, 1.82) is 0 Å². The van der Waals surface area contributed by atoms with Crippen LogP contribution in [0.2, 0.25) is 5.02 Å². The van der Waals surface area contributed by atoms with Crippen molar-refractivity contribution in [2.24, 2.45) is 0 Å². The molecule has 0 aliphatic heterocycles. The third-order valence-corrected chi connectivity index (χ3v) is 4.77. The molecule has 3 rings (SSSR count). The number of rotatable bonds is 5. The molecule has 2 aromatic heterocycles. The molecule has 24 heavy (non-hydrogen) atoms. The first-order valence-electron chi connectivity index (χ1n) is 6.75. The van der Waals surface area contributed by atoms with Crippen molar-refractivity contribution >= 4 is 39.1 Å². The molecule has 3 aromatic rings. The van der Waals surface area contributed by atoms with E-state index in [0.717, 1.165) is 0 Å². The average Bonchev–Trinajstić information content (AvgIpc) is 2.94. The van der Waals surface area contributed by atoms with Crippen molar-refractivity contribution in [2.75, 3.05) is 10.0 Å². The molecule has 0 atom stereocenters. The molecular weight excluding hydrogens is 354 g/mol. The van der Waals surface area contributed by atoms with Gasteiger partial charge < -0.3 is 9.84 Å². The maximum Gasteiger partial charge on any atom is 0.264 e. The molecule has 8 nitrogen and oxygen atoms in total. The smallest absolute Gasteiger partial charge is 0.264 e. The summed E-state index contributed by atoms with van der Waals surface area (Å²) in [5, 5.41) is 14.5. The highest BCUT2D eigenvalue weighted by Crippen LogP contribution is 2.23. The minimum Gasteiger partial charge on any atom is -0.360 e. The highest BCUT2D eigenvalue weighted by atomic mass is 35.5. The van der Waals surface area contributed by atoms with Crippen LogP contribution < -0.4 is 10.0 Å². The van der Waals surface area contributed by atoms with E-state index in [1.54, 1.807) is 31.2 Å². The Hall–Kier alpha value is -2.65. The summed E-state index contributed by atoms with van der Waals surface area (Å²) in [7, 11) is -3.84. The van der Waals surface area contributed by atoms with E-state index in [4.69, 9.17) is 16.1 Å². The maximum atomic E-state index is 12.3. The molecular formula is C14H12ClN5O3S. The van der Waals surface area contributed by atoms with Crippen LogP contribution in [-0.4, -0.2) is 23.8 Å². The van der Waals surface area contributed by atoms with Gasteiger partial charge in [-0.15, -0.1) is 10.2 Å². The molecule has 0 bridgehead atoms. The third kappa shape index (κ3) is 3.63. The van der Waals surface area contributed by atoms with Crippen LogP contribution in [0.25, 0.3) is 0 Å². The van der Waals surface area contributed by atoms with Gasteiger partial charge >= 0.3 is 0 Å². The molecule has 124 valence electrons. The Balaban J connectivity index is 1.75. The SMILES string of the molecule is Cc1cc(Nc2ccc(NS(=O)(=O)c3ccccc3Cl)nn2)no1. The van der Waals surface area contributed by atoms with Crippen LogP contribution in [0.3, 0.4) is 0 Å². The number of hydrogen-bond acceptors (Lipinski definition) is 7. The van der Waals surface area contributed by atoms with Crippen molar-refractivity contribution in [3.05, 3.63) is 53.2 Å². The summed E-state index contributed by atoms with van der Waals surface area (Å²) in [5.74, 6) is 1.58. The molecule has 10 heteroatoms. The Morgan fingerprint density at radius 1 is 1.04 bits per heavy atom. The topological polar surface area (TPSA) is 110 Å². The number of halogens is 1. The molecule has 0 aliphatic carbocycles. The van der Waals surface area contributed by atoms with Crippen LogP contribution in [-0.2, 0) is 10.0 Å². The molecule has 2 N–H and O–H groups in total. The Kier molecular flexibility index (Phi) is 4.36. The molecule has 1 aromatic carbocycles. The van der Waals surface area contributed by atoms with Crippen molar-refractivity contribution in [3.8, 4) is 0 Å². The summed E-state index contributed by atoms with van der Waals surface area (Å²) in [6, 6.07) is 10.8. The number of nitrogens with zero attached hydrogens (tertiary/aromatic N) is 3. The maximum absolute atomic E-state index is 12.3. The number of anilines is 3. The minimum absolute atomic E-state index is 0.0336. The number of benzene rings is 1. The van der Waals surface area contributed by atoms with E-state index in [1.165, 1.54) is 18.2 Å². The predicted octanol–water partition coefficient (Wildman–Crippen LogP) is 2.97. The van der Waals surface area contributed by atoms with E-state index in [9.17, 15) is 8.42 Å². The van der Waals surface area contributed by atoms with Gasteiger partial charge in [-0.2, -0.15) is 0 Å². The van der Waals surface area contributed by atoms with Gasteiger partial charge in [0.1, 0.15) is 10.7 Å². The first-order chi connectivity index (χ1) is 11.4. The fourth-order valence-electron chi connectivity index (χ4n) is 1.87. The van der Waals surface area contributed by atoms with E-state index in [-0.39, 0.29) is 15.7 Å². The zero-order valence-corrected chi connectivity index (χ0v) is 14.0. The first kappa shape index (κ1) is 16.2. The van der Waals surface area contributed by atoms with Gasteiger partial charge in [0.15, 0.2) is 17.5 Å². The lowest BCUT2D eigenvalue weighted by atomic mass is 10.4. The minimum atomic E-state index is -3.84. The molecule has 0 unspecified atom stereocenters. The van der Waals surface area contributed by atoms with Crippen molar-refractivity contribution < 1.29 is 12.9 Å². The van der Waals surface area contributed by atoms with Gasteiger partial charge in [-0.05, 0) is 31.2 Å². The number of aryl methyl sites for hydroxylation is 1. The van der Waals surface area contributed by atoms with Crippen LogP contribution in [0, 0.1) is 6.92 Å². The predicted molar refractivity (Wildman–Crippen MR) is 88.8 cm³/mol. The van der Waals surface area contributed by atoms with Gasteiger partial charge in [0.05, 0.1) is 5.02 Å². The van der Waals surface area contributed by atoms with E-state index in [0.29, 0.717) is 17.4 Å². The van der Waals surface area contributed by atoms with Gasteiger partial charge in [-0.1, -0.05) is 28.9 Å². The average molecular weight is 366 g/mol. The number of aromatic nitrogens is 3. The monoisotopic (exact) mass is 365 g/mol. The zero-order valence-electron chi connectivity index (χ0n) is 12.4. The van der Waals surface area contributed by atoms with Gasteiger partial charge in [0.25, 0.3) is 10.0 Å². The number of sulfonamides is 1. The van der Waals surface area contributed by atoms with Crippen molar-refractivity contribution in [3.63, 3.8) is 0 Å². The van der Waals surface area contributed by atoms with Crippen LogP contribution in [0.5, 0.6) is 0 Å². The largest absolute Gasteiger partial charge is 0.360 e. The van der Waals surface area contributed by atoms with E-state index in [2.05, 4.69) is 25.4 Å². The van der Waals surface area contributed by atoms with Gasteiger partial charge in [-0.25, -0.2) is 8.42 Å². The molecule has 0 radical (unpaired) electrons. The molecule has 0 amide bonds. The van der Waals surface area contributed by atoms with Crippen LogP contribution in [0.15, 0.2) is 51.9 Å². The summed E-state index contributed by atoms with van der Waals surface area (Å²) >= 11 is 5.91. The second kappa shape index (κ2) is 6.46. The Morgan fingerprint density at radius 3 is 2.38 bits per heavy atom. The van der Waals surface area contributed by atoms with Crippen molar-refractivity contribution in [1.82, 2.24) is 15.4 Å². The Labute approximate surface area is 142 Å². The molecule has 0 aliphatic rings. The van der Waals surface area contributed by atoms with Gasteiger partial charge in [0.2, 0.25) is 0 Å². The Bertz CT molecular complexity index is 957.